The van der Waals surface area contributed by atoms with Gasteiger partial charge in [0.25, 0.3) is 5.56 Å². The zero-order valence-electron chi connectivity index (χ0n) is 13.5. The second-order valence-corrected chi connectivity index (χ2v) is 6.33. The fourth-order valence-electron chi connectivity index (χ4n) is 2.38. The summed E-state index contributed by atoms with van der Waals surface area (Å²) in [5.74, 6) is 0.595. The van der Waals surface area contributed by atoms with E-state index in [9.17, 15) is 4.79 Å². The molecule has 0 bridgehead atoms. The van der Waals surface area contributed by atoms with Crippen molar-refractivity contribution in [2.75, 3.05) is 6.26 Å². The molecule has 0 spiro atoms. The maximum absolute atomic E-state index is 12.3. The molecule has 0 aliphatic heterocycles. The van der Waals surface area contributed by atoms with Crippen LogP contribution in [0.3, 0.4) is 0 Å². The third kappa shape index (κ3) is 4.30. The zero-order chi connectivity index (χ0) is 16.8. The van der Waals surface area contributed by atoms with Crippen LogP contribution in [-0.2, 0) is 13.2 Å². The fraction of sp³-hybridized carbons (Fsp3) is 0.150. The minimum absolute atomic E-state index is 0.0606. The number of thioether (sulfide) groups is 1. The normalized spacial score (nSPS) is 10.5. The SMILES string of the molecule is CSc1ccc(Cn2ccc(OCc3ccccc3)cc2=O)cc1. The molecule has 0 saturated carbocycles. The highest BCUT2D eigenvalue weighted by Gasteiger charge is 2.02. The van der Waals surface area contributed by atoms with E-state index < -0.39 is 0 Å². The summed E-state index contributed by atoms with van der Waals surface area (Å²) in [6, 6.07) is 21.5. The van der Waals surface area contributed by atoms with Crippen molar-refractivity contribution in [3.8, 4) is 5.75 Å². The van der Waals surface area contributed by atoms with Gasteiger partial charge in [-0.15, -0.1) is 11.8 Å². The third-order valence-electron chi connectivity index (χ3n) is 3.73. The molecule has 3 rings (SSSR count). The number of hydrogen-bond acceptors (Lipinski definition) is 3. The molecule has 1 heterocycles. The summed E-state index contributed by atoms with van der Waals surface area (Å²) in [6.07, 6.45) is 3.83. The maximum Gasteiger partial charge on any atom is 0.254 e. The molecule has 0 aliphatic carbocycles. The predicted molar refractivity (Wildman–Crippen MR) is 98.8 cm³/mol. The van der Waals surface area contributed by atoms with E-state index in [0.717, 1.165) is 11.1 Å². The molecule has 2 aromatic carbocycles. The molecular weight excluding hydrogens is 318 g/mol. The lowest BCUT2D eigenvalue weighted by Crippen LogP contribution is -2.19. The minimum Gasteiger partial charge on any atom is -0.489 e. The van der Waals surface area contributed by atoms with Gasteiger partial charge in [-0.2, -0.15) is 0 Å². The number of hydrogen-bond donors (Lipinski definition) is 0. The van der Waals surface area contributed by atoms with Crippen molar-refractivity contribution in [2.45, 2.75) is 18.0 Å². The fourth-order valence-corrected chi connectivity index (χ4v) is 2.79. The molecular formula is C20H19NO2S. The first-order valence-corrected chi connectivity index (χ1v) is 8.97. The van der Waals surface area contributed by atoms with Gasteiger partial charge in [0, 0.05) is 17.2 Å². The van der Waals surface area contributed by atoms with Crippen molar-refractivity contribution in [2.24, 2.45) is 0 Å². The van der Waals surface area contributed by atoms with Crippen LogP contribution in [0.15, 0.2) is 82.6 Å². The standard InChI is InChI=1S/C20H19NO2S/c1-24-19-9-7-16(8-10-19)14-21-12-11-18(13-20(21)22)23-15-17-5-3-2-4-6-17/h2-13H,14-15H2,1H3. The number of benzene rings is 2. The first kappa shape index (κ1) is 16.4. The first-order chi connectivity index (χ1) is 11.7. The summed E-state index contributed by atoms with van der Waals surface area (Å²) in [6.45, 7) is 1.02. The second kappa shape index (κ2) is 7.88. The van der Waals surface area contributed by atoms with E-state index in [4.69, 9.17) is 4.74 Å². The van der Waals surface area contributed by atoms with Crippen molar-refractivity contribution in [3.63, 3.8) is 0 Å². The number of nitrogens with zero attached hydrogens (tertiary/aromatic N) is 1. The van der Waals surface area contributed by atoms with Gasteiger partial charge >= 0.3 is 0 Å². The molecule has 3 nitrogen and oxygen atoms in total. The number of rotatable bonds is 6. The van der Waals surface area contributed by atoms with E-state index in [1.807, 2.05) is 42.7 Å². The Hall–Kier alpha value is -2.46. The molecule has 0 fully saturated rings. The molecule has 0 amide bonds. The summed E-state index contributed by atoms with van der Waals surface area (Å²) < 4.78 is 7.38. The second-order valence-electron chi connectivity index (χ2n) is 5.45. The Morgan fingerprint density at radius 2 is 1.71 bits per heavy atom. The first-order valence-electron chi connectivity index (χ1n) is 7.75. The van der Waals surface area contributed by atoms with Crippen LogP contribution in [0.2, 0.25) is 0 Å². The van der Waals surface area contributed by atoms with Gasteiger partial charge in [0.15, 0.2) is 0 Å². The summed E-state index contributed by atoms with van der Waals surface area (Å²) in [7, 11) is 0. The number of pyridine rings is 1. The molecule has 4 heteroatoms. The van der Waals surface area contributed by atoms with E-state index in [1.165, 1.54) is 4.90 Å². The van der Waals surface area contributed by atoms with Gasteiger partial charge in [0.2, 0.25) is 0 Å². The van der Waals surface area contributed by atoms with Crippen LogP contribution in [0.25, 0.3) is 0 Å². The highest BCUT2D eigenvalue weighted by Crippen LogP contribution is 2.15. The molecule has 0 aliphatic rings. The van der Waals surface area contributed by atoms with Gasteiger partial charge in [-0.1, -0.05) is 42.5 Å². The van der Waals surface area contributed by atoms with Crippen LogP contribution in [0.1, 0.15) is 11.1 Å². The van der Waals surface area contributed by atoms with Crippen molar-refractivity contribution in [1.29, 1.82) is 0 Å². The molecule has 24 heavy (non-hydrogen) atoms. The van der Waals surface area contributed by atoms with Crippen molar-refractivity contribution in [3.05, 3.63) is 94.4 Å². The van der Waals surface area contributed by atoms with Gasteiger partial charge < -0.3 is 9.30 Å². The van der Waals surface area contributed by atoms with Crippen LogP contribution in [0, 0.1) is 0 Å². The minimum atomic E-state index is -0.0606. The Balaban J connectivity index is 1.66. The smallest absolute Gasteiger partial charge is 0.254 e. The Bertz CT molecular complexity index is 842. The number of aromatic nitrogens is 1. The van der Waals surface area contributed by atoms with E-state index in [0.29, 0.717) is 18.9 Å². The van der Waals surface area contributed by atoms with Gasteiger partial charge in [-0.05, 0) is 35.6 Å². The summed E-state index contributed by atoms with van der Waals surface area (Å²) in [5, 5.41) is 0. The molecule has 1 aromatic heterocycles. The van der Waals surface area contributed by atoms with Crippen molar-refractivity contribution in [1.82, 2.24) is 4.57 Å². The van der Waals surface area contributed by atoms with Crippen LogP contribution < -0.4 is 10.3 Å². The highest BCUT2D eigenvalue weighted by atomic mass is 32.2. The molecule has 0 atom stereocenters. The lowest BCUT2D eigenvalue weighted by Gasteiger charge is -2.09. The highest BCUT2D eigenvalue weighted by molar-refractivity contribution is 7.98. The van der Waals surface area contributed by atoms with Crippen molar-refractivity contribution < 1.29 is 4.74 Å². The average molecular weight is 337 g/mol. The molecule has 122 valence electrons. The lowest BCUT2D eigenvalue weighted by molar-refractivity contribution is 0.305. The van der Waals surface area contributed by atoms with E-state index in [2.05, 4.69) is 24.3 Å². The quantitative estimate of drug-likeness (QED) is 0.632. The molecule has 0 N–H and O–H groups in total. The lowest BCUT2D eigenvalue weighted by atomic mass is 10.2. The van der Waals surface area contributed by atoms with Crippen LogP contribution in [0.4, 0.5) is 0 Å². The summed E-state index contributed by atoms with van der Waals surface area (Å²) in [5.41, 5.74) is 2.12. The summed E-state index contributed by atoms with van der Waals surface area (Å²) in [4.78, 5) is 13.5. The Morgan fingerprint density at radius 3 is 2.38 bits per heavy atom. The van der Waals surface area contributed by atoms with Gasteiger partial charge in [-0.25, -0.2) is 0 Å². The van der Waals surface area contributed by atoms with E-state index in [-0.39, 0.29) is 5.56 Å². The van der Waals surface area contributed by atoms with Crippen LogP contribution in [0.5, 0.6) is 5.75 Å². The van der Waals surface area contributed by atoms with Gasteiger partial charge in [0.1, 0.15) is 12.4 Å². The topological polar surface area (TPSA) is 31.2 Å². The third-order valence-corrected chi connectivity index (χ3v) is 4.47. The Morgan fingerprint density at radius 1 is 0.958 bits per heavy atom. The summed E-state index contributed by atoms with van der Waals surface area (Å²) >= 11 is 1.71. The van der Waals surface area contributed by atoms with E-state index >= 15 is 0 Å². The molecule has 3 aromatic rings. The van der Waals surface area contributed by atoms with Crippen molar-refractivity contribution >= 4 is 11.8 Å². The Kier molecular flexibility index (Phi) is 5.39. The van der Waals surface area contributed by atoms with E-state index in [1.54, 1.807) is 28.6 Å². The molecule has 0 radical (unpaired) electrons. The van der Waals surface area contributed by atoms with Crippen LogP contribution >= 0.6 is 11.8 Å². The zero-order valence-corrected chi connectivity index (χ0v) is 14.3. The predicted octanol–water partition coefficient (Wildman–Crippen LogP) is 4.20. The molecule has 0 unspecified atom stereocenters. The number of ether oxygens (including phenoxy) is 1. The monoisotopic (exact) mass is 337 g/mol. The Labute approximate surface area is 145 Å². The van der Waals surface area contributed by atoms with Gasteiger partial charge in [-0.3, -0.25) is 4.79 Å². The largest absolute Gasteiger partial charge is 0.489 e. The average Bonchev–Trinajstić information content (AvgIpc) is 2.63. The van der Waals surface area contributed by atoms with Crippen LogP contribution in [-0.4, -0.2) is 10.8 Å². The van der Waals surface area contributed by atoms with Gasteiger partial charge in [0.05, 0.1) is 6.54 Å². The maximum atomic E-state index is 12.3. The molecule has 0 saturated heterocycles.